The average Bonchev–Trinajstić information content (AvgIpc) is 3.75. The first kappa shape index (κ1) is 32.6. The van der Waals surface area contributed by atoms with Crippen molar-refractivity contribution in [2.24, 2.45) is 0 Å². The maximum absolute atomic E-state index is 14.1. The van der Waals surface area contributed by atoms with Crippen LogP contribution in [0.4, 0.5) is 23.4 Å². The van der Waals surface area contributed by atoms with Gasteiger partial charge in [0.05, 0.1) is 34.6 Å². The van der Waals surface area contributed by atoms with Crippen molar-refractivity contribution in [2.45, 2.75) is 50.4 Å². The van der Waals surface area contributed by atoms with Gasteiger partial charge < -0.3 is 20.2 Å². The number of carbonyl (C=O) groups is 1. The van der Waals surface area contributed by atoms with Crippen LogP contribution in [0.5, 0.6) is 17.4 Å². The number of carbonyl (C=O) groups excluding carboxylic acids is 1. The molecule has 49 heavy (non-hydrogen) atoms. The van der Waals surface area contributed by atoms with E-state index in [0.717, 1.165) is 12.1 Å². The molecular weight excluding hydrogens is 668 g/mol. The van der Waals surface area contributed by atoms with E-state index >= 15 is 0 Å². The molecule has 1 saturated carbocycles. The molecular formula is C33H30F4N6O5S. The Morgan fingerprint density at radius 3 is 2.41 bits per heavy atom. The number of para-hydroxylation sites is 1. The Morgan fingerprint density at radius 1 is 1.04 bits per heavy atom. The van der Waals surface area contributed by atoms with Gasteiger partial charge in [-0.05, 0) is 80.0 Å². The predicted molar refractivity (Wildman–Crippen MR) is 171 cm³/mol. The molecule has 2 aliphatic rings. The van der Waals surface area contributed by atoms with E-state index in [1.54, 1.807) is 13.0 Å². The Morgan fingerprint density at radius 2 is 1.76 bits per heavy atom. The van der Waals surface area contributed by atoms with Crippen LogP contribution in [-0.2, 0) is 10.0 Å². The van der Waals surface area contributed by atoms with Gasteiger partial charge in [-0.3, -0.25) is 4.79 Å². The fourth-order valence-electron chi connectivity index (χ4n) is 6.17. The fraction of sp³-hybridized carbons (Fsp3) is 0.303. The number of H-pyrrole nitrogens is 1. The number of halogens is 4. The van der Waals surface area contributed by atoms with Crippen molar-refractivity contribution in [3.8, 4) is 23.1 Å². The highest BCUT2D eigenvalue weighted by molar-refractivity contribution is 7.90. The summed E-state index contributed by atoms with van der Waals surface area (Å²) < 4.78 is 93.4. The molecule has 1 saturated heterocycles. The number of aromatic amines is 1. The summed E-state index contributed by atoms with van der Waals surface area (Å²) in [6.07, 6.45) is 4.80. The number of alkyl halides is 2. The molecule has 256 valence electrons. The number of piperidine rings is 1. The summed E-state index contributed by atoms with van der Waals surface area (Å²) in [4.78, 5) is 20.8. The zero-order valence-electron chi connectivity index (χ0n) is 26.0. The standard InChI is InChI=1S/C33H30F4N6O5S/c1-17-11-29(48-31-23(34)3-2-4-24(31)35)39-16-27(17)43-32(38)22(15-40-43)30(44)26-12-19-13-28(47-33(36)37)21(14-25(19)41-26)18-7-9-42(10-8-18)49(45,46)20-5-6-20/h2-4,11-16,18,20,33,41H,5-10,38H2,1H3. The molecule has 3 aromatic heterocycles. The van der Waals surface area contributed by atoms with Gasteiger partial charge in [-0.2, -0.15) is 13.9 Å². The number of aromatic nitrogens is 4. The number of fused-ring (bicyclic) bond motifs is 1. The number of nitrogens with zero attached hydrogens (tertiary/aromatic N) is 4. The van der Waals surface area contributed by atoms with Gasteiger partial charge in [0.1, 0.15) is 11.6 Å². The number of nitrogen functional groups attached to an aromatic ring is 1. The van der Waals surface area contributed by atoms with Crippen molar-refractivity contribution in [3.05, 3.63) is 88.9 Å². The highest BCUT2D eigenvalue weighted by atomic mass is 32.2. The molecule has 16 heteroatoms. The molecule has 0 radical (unpaired) electrons. The van der Waals surface area contributed by atoms with E-state index in [1.165, 1.54) is 45.6 Å². The molecule has 2 fully saturated rings. The fourth-order valence-corrected chi connectivity index (χ4v) is 8.04. The third-order valence-electron chi connectivity index (χ3n) is 8.87. The molecule has 11 nitrogen and oxygen atoms in total. The van der Waals surface area contributed by atoms with Crippen LogP contribution in [0, 0.1) is 18.6 Å². The van der Waals surface area contributed by atoms with Crippen molar-refractivity contribution in [3.63, 3.8) is 0 Å². The number of anilines is 1. The van der Waals surface area contributed by atoms with Crippen LogP contribution in [0.1, 0.15) is 58.8 Å². The number of ketones is 1. The van der Waals surface area contributed by atoms with Crippen LogP contribution < -0.4 is 15.2 Å². The largest absolute Gasteiger partial charge is 0.435 e. The Labute approximate surface area is 277 Å². The molecule has 0 spiro atoms. The Kier molecular flexibility index (Phi) is 8.30. The highest BCUT2D eigenvalue weighted by Crippen LogP contribution is 2.40. The van der Waals surface area contributed by atoms with Crippen molar-refractivity contribution in [1.82, 2.24) is 24.1 Å². The number of hydrogen-bond acceptors (Lipinski definition) is 8. The van der Waals surface area contributed by atoms with Crippen molar-refractivity contribution < 1.29 is 40.2 Å². The van der Waals surface area contributed by atoms with Crippen LogP contribution in [0.3, 0.4) is 0 Å². The van der Waals surface area contributed by atoms with Gasteiger partial charge in [0.25, 0.3) is 0 Å². The first-order valence-corrected chi connectivity index (χ1v) is 17.0. The second-order valence-electron chi connectivity index (χ2n) is 12.1. The molecule has 4 heterocycles. The third-order valence-corrected chi connectivity index (χ3v) is 11.3. The minimum atomic E-state index is -3.34. The van der Waals surface area contributed by atoms with E-state index in [2.05, 4.69) is 15.1 Å². The van der Waals surface area contributed by atoms with Crippen LogP contribution in [-0.4, -0.2) is 63.2 Å². The molecule has 0 atom stereocenters. The lowest BCUT2D eigenvalue weighted by Gasteiger charge is -2.32. The third kappa shape index (κ3) is 6.21. The lowest BCUT2D eigenvalue weighted by atomic mass is 9.89. The molecule has 3 N–H and O–H groups in total. The number of sulfonamides is 1. The molecule has 7 rings (SSSR count). The van der Waals surface area contributed by atoms with E-state index in [9.17, 15) is 30.8 Å². The number of aryl methyl sites for hydroxylation is 1. The van der Waals surface area contributed by atoms with E-state index in [0.29, 0.717) is 53.4 Å². The molecule has 5 aromatic rings. The Balaban J connectivity index is 1.13. The summed E-state index contributed by atoms with van der Waals surface area (Å²) >= 11 is 0. The molecule has 0 amide bonds. The normalized spacial score (nSPS) is 16.0. The molecule has 1 aliphatic carbocycles. The monoisotopic (exact) mass is 698 g/mol. The summed E-state index contributed by atoms with van der Waals surface area (Å²) in [5, 5.41) is 4.38. The Hall–Kier alpha value is -4.96. The zero-order chi connectivity index (χ0) is 34.6. The lowest BCUT2D eigenvalue weighted by Crippen LogP contribution is -2.39. The van der Waals surface area contributed by atoms with Gasteiger partial charge in [-0.15, -0.1) is 0 Å². The van der Waals surface area contributed by atoms with Crippen LogP contribution in [0.2, 0.25) is 0 Å². The van der Waals surface area contributed by atoms with E-state index in [1.807, 2.05) is 0 Å². The highest BCUT2D eigenvalue weighted by Gasteiger charge is 2.41. The van der Waals surface area contributed by atoms with E-state index in [-0.39, 0.29) is 53.0 Å². The Bertz CT molecular complexity index is 2170. The number of rotatable bonds is 10. The number of benzene rings is 2. The van der Waals surface area contributed by atoms with Gasteiger partial charge in [-0.1, -0.05) is 6.07 Å². The molecule has 0 unspecified atom stereocenters. The molecule has 0 bridgehead atoms. The molecule has 1 aliphatic heterocycles. The summed E-state index contributed by atoms with van der Waals surface area (Å²) in [6, 6.07) is 9.37. The zero-order valence-corrected chi connectivity index (χ0v) is 26.8. The lowest BCUT2D eigenvalue weighted by molar-refractivity contribution is -0.0506. The van der Waals surface area contributed by atoms with Crippen LogP contribution in [0.15, 0.2) is 54.9 Å². The maximum Gasteiger partial charge on any atom is 0.387 e. The van der Waals surface area contributed by atoms with E-state index < -0.39 is 39.8 Å². The molecule has 2 aromatic carbocycles. The smallest absolute Gasteiger partial charge is 0.387 e. The van der Waals surface area contributed by atoms with E-state index in [4.69, 9.17) is 15.2 Å². The quantitative estimate of drug-likeness (QED) is 0.129. The number of nitrogens with two attached hydrogens (primary N) is 1. The van der Waals surface area contributed by atoms with Gasteiger partial charge in [0.15, 0.2) is 11.6 Å². The second kappa shape index (κ2) is 12.5. The maximum atomic E-state index is 14.1. The summed E-state index contributed by atoms with van der Waals surface area (Å²) in [6.45, 7) is -0.852. The topological polar surface area (TPSA) is 145 Å². The van der Waals surface area contributed by atoms with Gasteiger partial charge >= 0.3 is 6.61 Å². The number of nitrogens with one attached hydrogen (secondary N) is 1. The van der Waals surface area contributed by atoms with Gasteiger partial charge in [0.2, 0.25) is 27.4 Å². The predicted octanol–water partition coefficient (Wildman–Crippen LogP) is 6.21. The average molecular weight is 699 g/mol. The van der Waals surface area contributed by atoms with Crippen LogP contribution >= 0.6 is 0 Å². The minimum absolute atomic E-state index is 0.0160. The summed E-state index contributed by atoms with van der Waals surface area (Å²) in [5.74, 6) is -3.27. The van der Waals surface area contributed by atoms with Crippen molar-refractivity contribution in [2.75, 3.05) is 18.8 Å². The first-order chi connectivity index (χ1) is 23.4. The second-order valence-corrected chi connectivity index (χ2v) is 14.3. The number of pyridine rings is 1. The summed E-state index contributed by atoms with van der Waals surface area (Å²) in [7, 11) is -3.34. The van der Waals surface area contributed by atoms with Crippen LogP contribution in [0.25, 0.3) is 16.6 Å². The minimum Gasteiger partial charge on any atom is -0.435 e. The van der Waals surface area contributed by atoms with Crippen molar-refractivity contribution >= 4 is 32.5 Å². The summed E-state index contributed by atoms with van der Waals surface area (Å²) in [5.41, 5.74) is 8.43. The van der Waals surface area contributed by atoms with Gasteiger partial charge in [0, 0.05) is 30.1 Å². The van der Waals surface area contributed by atoms with Crippen molar-refractivity contribution in [1.29, 1.82) is 0 Å². The SMILES string of the molecule is Cc1cc(Oc2c(F)cccc2F)ncc1-n1ncc(C(=O)c2cc3cc(OC(F)F)c(C4CCN(S(=O)(=O)C5CC5)CC4)cc3[nH]2)c1N. The number of ether oxygens (including phenoxy) is 2. The first-order valence-electron chi connectivity index (χ1n) is 15.5. The number of hydrogen-bond donors (Lipinski definition) is 2. The van der Waals surface area contributed by atoms with Gasteiger partial charge in [-0.25, -0.2) is 31.2 Å².